The molecule has 0 amide bonds. The van der Waals surface area contributed by atoms with Gasteiger partial charge in [-0.15, -0.1) is 0 Å². The zero-order valence-corrected chi connectivity index (χ0v) is 15.5. The number of hydrogen-bond acceptors (Lipinski definition) is 1. The fourth-order valence-electron chi connectivity index (χ4n) is 3.09. The maximum absolute atomic E-state index is 5.70. The van der Waals surface area contributed by atoms with E-state index in [4.69, 9.17) is 12.2 Å². The Bertz CT molecular complexity index is 779. The average molecular weight is 345 g/mol. The number of hydrogen-bond donors (Lipinski definition) is 0. The molecule has 3 rings (SSSR count). The lowest BCUT2D eigenvalue weighted by molar-refractivity contribution is 0.853. The molecule has 0 saturated carbocycles. The monoisotopic (exact) mass is 344 g/mol. The highest BCUT2D eigenvalue weighted by molar-refractivity contribution is 7.80. The lowest BCUT2D eigenvalue weighted by Gasteiger charge is -2.15. The van der Waals surface area contributed by atoms with Crippen molar-refractivity contribution in [2.24, 2.45) is 5.92 Å². The van der Waals surface area contributed by atoms with Crippen LogP contribution in [-0.4, -0.2) is 4.86 Å². The van der Waals surface area contributed by atoms with Crippen LogP contribution in [0.25, 0.3) is 0 Å². The highest BCUT2D eigenvalue weighted by Crippen LogP contribution is 2.25. The molecule has 0 aliphatic heterocycles. The molecule has 1 aliphatic carbocycles. The Kier molecular flexibility index (Phi) is 6.14. The van der Waals surface area contributed by atoms with Gasteiger partial charge in [0.1, 0.15) is 0 Å². The largest absolute Gasteiger partial charge is 0.0836 e. The van der Waals surface area contributed by atoms with Crippen LogP contribution < -0.4 is 0 Å². The molecule has 0 aromatic heterocycles. The third-order valence-corrected chi connectivity index (χ3v) is 5.25. The van der Waals surface area contributed by atoms with Crippen molar-refractivity contribution in [2.45, 2.75) is 25.7 Å². The summed E-state index contributed by atoms with van der Waals surface area (Å²) in [5.41, 5.74) is 3.85. The fraction of sp³-hybridized carbons (Fsp3) is 0.208. The summed E-state index contributed by atoms with van der Waals surface area (Å²) < 4.78 is 0. The van der Waals surface area contributed by atoms with Crippen molar-refractivity contribution in [3.8, 4) is 0 Å². The lowest BCUT2D eigenvalue weighted by Crippen LogP contribution is -2.08. The smallest absolute Gasteiger partial charge is 0.0290 e. The zero-order chi connectivity index (χ0) is 17.5. The van der Waals surface area contributed by atoms with Crippen LogP contribution >= 0.6 is 12.2 Å². The summed E-state index contributed by atoms with van der Waals surface area (Å²) in [4.78, 5) is 1.01. The molecular formula is C24H24S. The zero-order valence-electron chi connectivity index (χ0n) is 14.6. The normalized spacial score (nSPS) is 17.7. The van der Waals surface area contributed by atoms with Gasteiger partial charge >= 0.3 is 0 Å². The maximum Gasteiger partial charge on any atom is 0.0290 e. The van der Waals surface area contributed by atoms with E-state index in [1.165, 1.54) is 11.1 Å². The number of rotatable bonds is 6. The van der Waals surface area contributed by atoms with Crippen molar-refractivity contribution in [1.29, 1.82) is 0 Å². The SMILES string of the molecule is CC(/C=C\Cc1ccccc1)C(=S)c1ccc([C@H]2C=CC=CC2)cc1. The van der Waals surface area contributed by atoms with Crippen molar-refractivity contribution in [1.82, 2.24) is 0 Å². The summed E-state index contributed by atoms with van der Waals surface area (Å²) in [5.74, 6) is 0.762. The Labute approximate surface area is 156 Å². The second-order valence-corrected chi connectivity index (χ2v) is 6.99. The van der Waals surface area contributed by atoms with Crippen LogP contribution in [0.5, 0.6) is 0 Å². The summed E-state index contributed by atoms with van der Waals surface area (Å²) in [6.07, 6.45) is 15.2. The Morgan fingerprint density at radius 2 is 1.84 bits per heavy atom. The van der Waals surface area contributed by atoms with E-state index in [0.29, 0.717) is 5.92 Å². The summed E-state index contributed by atoms with van der Waals surface area (Å²) in [7, 11) is 0. The first-order valence-corrected chi connectivity index (χ1v) is 9.33. The van der Waals surface area contributed by atoms with Crippen molar-refractivity contribution >= 4 is 17.1 Å². The molecule has 1 aliphatic rings. The van der Waals surface area contributed by atoms with Crippen LogP contribution in [0.2, 0.25) is 0 Å². The standard InChI is InChI=1S/C24H24S/c1-19(9-8-12-20-10-4-2-5-11-20)24(25)23-17-15-22(16-18-23)21-13-6-3-7-14-21/h2-11,13,15-19,21H,12,14H2,1H3/b9-8-/t19?,21-/m0/s1. The Hall–Kier alpha value is -2.25. The molecule has 0 spiro atoms. The number of allylic oxidation sites excluding steroid dienone is 6. The van der Waals surface area contributed by atoms with E-state index >= 15 is 0 Å². The van der Waals surface area contributed by atoms with Gasteiger partial charge < -0.3 is 0 Å². The van der Waals surface area contributed by atoms with E-state index in [9.17, 15) is 0 Å². The minimum absolute atomic E-state index is 0.266. The molecule has 2 aromatic rings. The molecule has 1 heteroatoms. The molecular weight excluding hydrogens is 320 g/mol. The summed E-state index contributed by atoms with van der Waals surface area (Å²) in [5, 5.41) is 0. The highest BCUT2D eigenvalue weighted by Gasteiger charge is 2.11. The fourth-order valence-corrected chi connectivity index (χ4v) is 3.31. The van der Waals surface area contributed by atoms with E-state index in [1.807, 2.05) is 6.07 Å². The number of benzene rings is 2. The topological polar surface area (TPSA) is 0 Å². The van der Waals surface area contributed by atoms with Crippen molar-refractivity contribution in [2.75, 3.05) is 0 Å². The Morgan fingerprint density at radius 3 is 2.52 bits per heavy atom. The van der Waals surface area contributed by atoms with Gasteiger partial charge in [-0.05, 0) is 29.5 Å². The first kappa shape index (κ1) is 17.6. The first-order valence-electron chi connectivity index (χ1n) is 8.92. The molecule has 0 radical (unpaired) electrons. The molecule has 25 heavy (non-hydrogen) atoms. The minimum atomic E-state index is 0.266. The highest BCUT2D eigenvalue weighted by atomic mass is 32.1. The van der Waals surface area contributed by atoms with Crippen LogP contribution in [0.1, 0.15) is 36.0 Å². The van der Waals surface area contributed by atoms with Crippen molar-refractivity contribution < 1.29 is 0 Å². The van der Waals surface area contributed by atoms with Gasteiger partial charge in [-0.1, -0.05) is 110 Å². The molecule has 0 bridgehead atoms. The van der Waals surface area contributed by atoms with E-state index in [1.54, 1.807) is 0 Å². The molecule has 0 nitrogen and oxygen atoms in total. The summed E-state index contributed by atoms with van der Waals surface area (Å²) in [6.45, 7) is 2.17. The summed E-state index contributed by atoms with van der Waals surface area (Å²) >= 11 is 5.70. The molecule has 2 aromatic carbocycles. The quantitative estimate of drug-likeness (QED) is 0.330. The molecule has 0 N–H and O–H groups in total. The van der Waals surface area contributed by atoms with Crippen molar-refractivity contribution in [3.05, 3.63) is 108 Å². The third kappa shape index (κ3) is 4.87. The van der Waals surface area contributed by atoms with Crippen molar-refractivity contribution in [3.63, 3.8) is 0 Å². The predicted octanol–water partition coefficient (Wildman–Crippen LogP) is 6.44. The Balaban J connectivity index is 1.60. The average Bonchev–Trinajstić information content (AvgIpc) is 2.69. The van der Waals surface area contributed by atoms with E-state index in [2.05, 4.69) is 91.9 Å². The molecule has 0 saturated heterocycles. The van der Waals surface area contributed by atoms with Crippen LogP contribution in [-0.2, 0) is 6.42 Å². The third-order valence-electron chi connectivity index (χ3n) is 4.64. The molecule has 1 unspecified atom stereocenters. The van der Waals surface area contributed by atoms with Gasteiger partial charge in [0.25, 0.3) is 0 Å². The second kappa shape index (κ2) is 8.73. The molecule has 126 valence electrons. The van der Waals surface area contributed by atoms with Crippen LogP contribution in [0.4, 0.5) is 0 Å². The van der Waals surface area contributed by atoms with Crippen LogP contribution in [0.15, 0.2) is 91.1 Å². The van der Waals surface area contributed by atoms with E-state index in [0.717, 1.165) is 23.3 Å². The van der Waals surface area contributed by atoms with E-state index in [-0.39, 0.29) is 5.92 Å². The first-order chi connectivity index (χ1) is 12.2. The van der Waals surface area contributed by atoms with Gasteiger partial charge in [-0.2, -0.15) is 0 Å². The van der Waals surface area contributed by atoms with Crippen LogP contribution in [0, 0.1) is 5.92 Å². The number of thiocarbonyl (C=S) groups is 1. The predicted molar refractivity (Wildman–Crippen MR) is 112 cm³/mol. The van der Waals surface area contributed by atoms with Gasteiger partial charge in [-0.3, -0.25) is 0 Å². The van der Waals surface area contributed by atoms with E-state index < -0.39 is 0 Å². The maximum atomic E-state index is 5.70. The summed E-state index contributed by atoms with van der Waals surface area (Å²) in [6, 6.07) is 19.3. The van der Waals surface area contributed by atoms with Gasteiger partial charge in [0, 0.05) is 16.7 Å². The lowest BCUT2D eigenvalue weighted by atomic mass is 9.91. The van der Waals surface area contributed by atoms with Gasteiger partial charge in [0.2, 0.25) is 0 Å². The van der Waals surface area contributed by atoms with Gasteiger partial charge in [-0.25, -0.2) is 0 Å². The molecule has 0 heterocycles. The Morgan fingerprint density at radius 1 is 1.08 bits per heavy atom. The molecule has 0 fully saturated rings. The second-order valence-electron chi connectivity index (χ2n) is 6.55. The van der Waals surface area contributed by atoms with Gasteiger partial charge in [0.05, 0.1) is 0 Å². The molecule has 2 atom stereocenters. The van der Waals surface area contributed by atoms with Gasteiger partial charge in [0.15, 0.2) is 0 Å². The van der Waals surface area contributed by atoms with Crippen LogP contribution in [0.3, 0.4) is 0 Å². The minimum Gasteiger partial charge on any atom is -0.0836 e.